The smallest absolute Gasteiger partial charge is 0.282 e. The molecule has 10 heteroatoms. The fourth-order valence-electron chi connectivity index (χ4n) is 4.27. The Morgan fingerprint density at radius 3 is 2.45 bits per heavy atom. The summed E-state index contributed by atoms with van der Waals surface area (Å²) in [5.41, 5.74) is 0.244. The Bertz CT molecular complexity index is 1080. The van der Waals surface area contributed by atoms with Gasteiger partial charge in [-0.25, -0.2) is 0 Å². The van der Waals surface area contributed by atoms with Gasteiger partial charge in [0.15, 0.2) is 0 Å². The lowest BCUT2D eigenvalue weighted by molar-refractivity contribution is -0.385. The molecule has 0 aromatic heterocycles. The molecule has 2 atom stereocenters. The van der Waals surface area contributed by atoms with Gasteiger partial charge in [-0.2, -0.15) is 0 Å². The molecule has 10 nitrogen and oxygen atoms in total. The van der Waals surface area contributed by atoms with Gasteiger partial charge in [0, 0.05) is 25.7 Å². The molecule has 4 rings (SSSR count). The average molecular weight is 452 g/mol. The van der Waals surface area contributed by atoms with E-state index in [0.29, 0.717) is 26.3 Å². The van der Waals surface area contributed by atoms with Gasteiger partial charge in [-0.15, -0.1) is 0 Å². The highest BCUT2D eigenvalue weighted by Crippen LogP contribution is 2.32. The molecule has 33 heavy (non-hydrogen) atoms. The van der Waals surface area contributed by atoms with Crippen LogP contribution in [0, 0.1) is 10.1 Å². The first-order chi connectivity index (χ1) is 15.9. The molecule has 172 valence electrons. The molecule has 3 amide bonds. The molecule has 2 aliphatic heterocycles. The fourth-order valence-corrected chi connectivity index (χ4v) is 4.27. The molecular formula is C23H24N4O6. The van der Waals surface area contributed by atoms with Gasteiger partial charge in [-0.3, -0.25) is 34.3 Å². The SMILES string of the molecule is CC(C(=O)NCC(c1ccccc1)N1CCOCC1)N1C(=O)c2cccc([N+](=O)[O-])c2C1=O. The Hall–Kier alpha value is -3.63. The van der Waals surface area contributed by atoms with Gasteiger partial charge in [0.2, 0.25) is 5.91 Å². The fraction of sp³-hybridized carbons (Fsp3) is 0.348. The summed E-state index contributed by atoms with van der Waals surface area (Å²) >= 11 is 0. The van der Waals surface area contributed by atoms with E-state index in [1.807, 2.05) is 30.3 Å². The lowest BCUT2D eigenvalue weighted by Crippen LogP contribution is -2.50. The number of nitrogens with zero attached hydrogens (tertiary/aromatic N) is 3. The van der Waals surface area contributed by atoms with Crippen molar-refractivity contribution >= 4 is 23.4 Å². The second kappa shape index (κ2) is 9.47. The summed E-state index contributed by atoms with van der Waals surface area (Å²) < 4.78 is 5.44. The molecule has 2 heterocycles. The van der Waals surface area contributed by atoms with E-state index < -0.39 is 34.4 Å². The molecule has 0 radical (unpaired) electrons. The number of rotatable bonds is 7. The number of benzene rings is 2. The monoisotopic (exact) mass is 452 g/mol. The van der Waals surface area contributed by atoms with Crippen LogP contribution < -0.4 is 5.32 Å². The van der Waals surface area contributed by atoms with Gasteiger partial charge < -0.3 is 10.1 Å². The van der Waals surface area contributed by atoms with Crippen LogP contribution in [0.5, 0.6) is 0 Å². The second-order valence-electron chi connectivity index (χ2n) is 7.93. The van der Waals surface area contributed by atoms with Crippen LogP contribution >= 0.6 is 0 Å². The topological polar surface area (TPSA) is 122 Å². The summed E-state index contributed by atoms with van der Waals surface area (Å²) in [5.74, 6) is -2.06. The minimum absolute atomic E-state index is 0.0654. The number of ether oxygens (including phenoxy) is 1. The van der Waals surface area contributed by atoms with Gasteiger partial charge in [0.25, 0.3) is 17.5 Å². The van der Waals surface area contributed by atoms with Crippen molar-refractivity contribution in [1.29, 1.82) is 0 Å². The third-order valence-electron chi connectivity index (χ3n) is 6.03. The van der Waals surface area contributed by atoms with E-state index in [0.717, 1.165) is 10.5 Å². The first-order valence-electron chi connectivity index (χ1n) is 10.7. The maximum absolute atomic E-state index is 13.0. The molecule has 1 N–H and O–H groups in total. The van der Waals surface area contributed by atoms with Gasteiger partial charge in [0.1, 0.15) is 11.6 Å². The van der Waals surface area contributed by atoms with Crippen molar-refractivity contribution in [3.63, 3.8) is 0 Å². The summed E-state index contributed by atoms with van der Waals surface area (Å²) in [5, 5.41) is 14.2. The predicted octanol–water partition coefficient (Wildman–Crippen LogP) is 1.77. The Morgan fingerprint density at radius 1 is 1.09 bits per heavy atom. The number of hydrogen-bond acceptors (Lipinski definition) is 7. The van der Waals surface area contributed by atoms with Crippen molar-refractivity contribution in [3.05, 3.63) is 75.3 Å². The zero-order chi connectivity index (χ0) is 23.5. The molecule has 2 unspecified atom stereocenters. The quantitative estimate of drug-likeness (QED) is 0.386. The molecule has 0 spiro atoms. The van der Waals surface area contributed by atoms with Gasteiger partial charge >= 0.3 is 0 Å². The van der Waals surface area contributed by atoms with Crippen LogP contribution in [-0.2, 0) is 9.53 Å². The molecule has 0 bridgehead atoms. The van der Waals surface area contributed by atoms with Crippen LogP contribution in [0.15, 0.2) is 48.5 Å². The molecule has 2 aliphatic rings. The van der Waals surface area contributed by atoms with Crippen LogP contribution in [0.4, 0.5) is 5.69 Å². The highest BCUT2D eigenvalue weighted by molar-refractivity contribution is 6.24. The number of fused-ring (bicyclic) bond motifs is 1. The lowest BCUT2D eigenvalue weighted by atomic mass is 10.0. The van der Waals surface area contributed by atoms with E-state index in [-0.39, 0.29) is 23.7 Å². The maximum Gasteiger partial charge on any atom is 0.282 e. The highest BCUT2D eigenvalue weighted by atomic mass is 16.6. The zero-order valence-corrected chi connectivity index (χ0v) is 18.1. The summed E-state index contributed by atoms with van der Waals surface area (Å²) in [6, 6.07) is 12.4. The summed E-state index contributed by atoms with van der Waals surface area (Å²) in [7, 11) is 0. The van der Waals surface area contributed by atoms with Crippen molar-refractivity contribution in [2.75, 3.05) is 32.8 Å². The van der Waals surface area contributed by atoms with E-state index in [1.54, 1.807) is 0 Å². The first kappa shape index (κ1) is 22.6. The van der Waals surface area contributed by atoms with Crippen LogP contribution in [-0.4, -0.2) is 71.3 Å². The average Bonchev–Trinajstić information content (AvgIpc) is 3.09. The normalized spacial score (nSPS) is 18.0. The van der Waals surface area contributed by atoms with E-state index in [1.165, 1.54) is 25.1 Å². The molecule has 1 fully saturated rings. The number of carbonyl (C=O) groups is 3. The van der Waals surface area contributed by atoms with E-state index in [4.69, 9.17) is 4.74 Å². The standard InChI is InChI=1S/C23H24N4O6/c1-15(26-22(29)17-8-5-9-18(27(31)32)20(17)23(26)30)21(28)24-14-19(16-6-3-2-4-7-16)25-10-12-33-13-11-25/h2-9,15,19H,10-14H2,1H3,(H,24,28). The molecule has 0 aliphatic carbocycles. The predicted molar refractivity (Wildman–Crippen MR) is 118 cm³/mol. The van der Waals surface area contributed by atoms with Gasteiger partial charge in [-0.05, 0) is 18.6 Å². The summed E-state index contributed by atoms with van der Waals surface area (Å²) in [6.07, 6.45) is 0. The summed E-state index contributed by atoms with van der Waals surface area (Å²) in [4.78, 5) is 52.3. The largest absolute Gasteiger partial charge is 0.379 e. The number of nitro groups is 1. The van der Waals surface area contributed by atoms with E-state index >= 15 is 0 Å². The Kier molecular flexibility index (Phi) is 6.47. The van der Waals surface area contributed by atoms with Gasteiger partial charge in [-0.1, -0.05) is 36.4 Å². The Balaban J connectivity index is 1.50. The van der Waals surface area contributed by atoms with E-state index in [9.17, 15) is 24.5 Å². The molecule has 1 saturated heterocycles. The minimum atomic E-state index is -1.13. The second-order valence-corrected chi connectivity index (χ2v) is 7.93. The number of carbonyl (C=O) groups excluding carboxylic acids is 3. The Labute approximate surface area is 190 Å². The van der Waals surface area contributed by atoms with Crippen LogP contribution in [0.25, 0.3) is 0 Å². The third-order valence-corrected chi connectivity index (χ3v) is 6.03. The number of amides is 3. The minimum Gasteiger partial charge on any atom is -0.379 e. The number of morpholine rings is 1. The molecule has 2 aromatic carbocycles. The van der Waals surface area contributed by atoms with Crippen molar-refractivity contribution in [2.45, 2.75) is 19.0 Å². The maximum atomic E-state index is 13.0. The highest BCUT2D eigenvalue weighted by Gasteiger charge is 2.45. The van der Waals surface area contributed by atoms with Crippen LogP contribution in [0.3, 0.4) is 0 Å². The molecule has 0 saturated carbocycles. The van der Waals surface area contributed by atoms with Gasteiger partial charge in [0.05, 0.1) is 29.7 Å². The van der Waals surface area contributed by atoms with Crippen molar-refractivity contribution < 1.29 is 24.0 Å². The molecular weight excluding hydrogens is 428 g/mol. The number of imide groups is 1. The van der Waals surface area contributed by atoms with Crippen molar-refractivity contribution in [3.8, 4) is 0 Å². The third kappa shape index (κ3) is 4.35. The van der Waals surface area contributed by atoms with Crippen molar-refractivity contribution in [2.24, 2.45) is 0 Å². The lowest BCUT2D eigenvalue weighted by Gasteiger charge is -2.35. The first-order valence-corrected chi connectivity index (χ1v) is 10.7. The Morgan fingerprint density at radius 2 is 1.79 bits per heavy atom. The number of nitrogens with one attached hydrogen (secondary N) is 1. The summed E-state index contributed by atoms with van der Waals surface area (Å²) in [6.45, 7) is 4.34. The number of nitro benzene ring substituents is 1. The van der Waals surface area contributed by atoms with Crippen LogP contribution in [0.2, 0.25) is 0 Å². The van der Waals surface area contributed by atoms with Crippen molar-refractivity contribution in [1.82, 2.24) is 15.1 Å². The number of hydrogen-bond donors (Lipinski definition) is 1. The van der Waals surface area contributed by atoms with Crippen LogP contribution in [0.1, 0.15) is 39.2 Å². The molecule has 2 aromatic rings. The van der Waals surface area contributed by atoms with E-state index in [2.05, 4.69) is 10.2 Å². The zero-order valence-electron chi connectivity index (χ0n) is 18.1.